The first kappa shape index (κ1) is 26.2. The molecule has 5 nitrogen and oxygen atoms in total. The number of hydrogen-bond acceptors (Lipinski definition) is 5. The van der Waals surface area contributed by atoms with E-state index in [1.807, 2.05) is 78.5 Å². The molecule has 1 atom stereocenters. The Bertz CT molecular complexity index is 1240. The van der Waals surface area contributed by atoms with E-state index in [1.54, 1.807) is 4.90 Å². The van der Waals surface area contributed by atoms with Gasteiger partial charge in [-0.3, -0.25) is 9.69 Å². The van der Waals surface area contributed by atoms with Crippen LogP contribution in [0.25, 0.3) is 23.0 Å². The molecule has 1 fully saturated rings. The van der Waals surface area contributed by atoms with Gasteiger partial charge in [0.25, 0.3) is 5.91 Å². The highest BCUT2D eigenvalue weighted by Gasteiger charge is 2.33. The van der Waals surface area contributed by atoms with E-state index in [1.165, 1.54) is 18.2 Å². The van der Waals surface area contributed by atoms with E-state index < -0.39 is 0 Å². The molecule has 7 heteroatoms. The average Bonchev–Trinajstić information content (AvgIpc) is 3.43. The summed E-state index contributed by atoms with van der Waals surface area (Å²) in [6, 6.07) is 17.9. The molecule has 0 spiro atoms. The quantitative estimate of drug-likeness (QED) is 0.196. The van der Waals surface area contributed by atoms with Gasteiger partial charge in [-0.15, -0.1) is 0 Å². The number of rotatable bonds is 11. The Balaban J connectivity index is 1.69. The van der Waals surface area contributed by atoms with Gasteiger partial charge in [-0.2, -0.15) is 5.10 Å². The second-order valence-corrected chi connectivity index (χ2v) is 10.6. The minimum atomic E-state index is -0.0126. The van der Waals surface area contributed by atoms with Crippen LogP contribution < -0.4 is 4.74 Å². The molecular weight excluding hydrogens is 486 g/mol. The molecule has 0 unspecified atom stereocenters. The van der Waals surface area contributed by atoms with Crippen LogP contribution in [-0.2, 0) is 4.79 Å². The van der Waals surface area contributed by atoms with E-state index in [9.17, 15) is 4.79 Å². The third-order valence-corrected chi connectivity index (χ3v) is 7.70. The number of aromatic nitrogens is 2. The first-order chi connectivity index (χ1) is 17.5. The van der Waals surface area contributed by atoms with Crippen molar-refractivity contribution in [2.24, 2.45) is 5.92 Å². The zero-order chi connectivity index (χ0) is 25.5. The molecule has 0 bridgehead atoms. The van der Waals surface area contributed by atoms with Gasteiger partial charge in [-0.1, -0.05) is 87.4 Å². The lowest BCUT2D eigenvalue weighted by molar-refractivity contribution is -0.122. The number of nitrogens with zero attached hydrogens (tertiary/aromatic N) is 3. The minimum Gasteiger partial charge on any atom is -0.494 e. The number of unbranched alkanes of at least 4 members (excludes halogenated alkanes) is 1. The monoisotopic (exact) mass is 519 g/mol. The molecular formula is C29H33N3O2S2. The van der Waals surface area contributed by atoms with Crippen LogP contribution >= 0.6 is 24.0 Å². The van der Waals surface area contributed by atoms with Gasteiger partial charge in [0.1, 0.15) is 15.8 Å². The number of ether oxygens (including phenoxy) is 1. The highest BCUT2D eigenvalue weighted by Crippen LogP contribution is 2.36. The van der Waals surface area contributed by atoms with Gasteiger partial charge >= 0.3 is 0 Å². The van der Waals surface area contributed by atoms with Crippen LogP contribution in [0, 0.1) is 5.92 Å². The van der Waals surface area contributed by atoms with E-state index in [4.69, 9.17) is 22.1 Å². The molecule has 36 heavy (non-hydrogen) atoms. The Kier molecular flexibility index (Phi) is 8.99. The highest BCUT2D eigenvalue weighted by atomic mass is 32.2. The number of hydrogen-bond donors (Lipinski definition) is 0. The lowest BCUT2D eigenvalue weighted by Gasteiger charge is -2.21. The summed E-state index contributed by atoms with van der Waals surface area (Å²) in [7, 11) is 0. The largest absolute Gasteiger partial charge is 0.494 e. The lowest BCUT2D eigenvalue weighted by Crippen LogP contribution is -2.33. The Hall–Kier alpha value is -2.90. The first-order valence-corrected chi connectivity index (χ1v) is 13.9. The standard InChI is InChI=1S/C29H33N3O2S2/c1-4-7-12-21(5-2)19-31-28(33)26(36-29(31)35)18-23-20-32(24-14-9-8-10-15-24)30-27(23)22-13-11-16-25(17-22)34-6-3/h8-11,13-18,20-21H,4-7,12,19H2,1-3H3/b26-18-/t21-/m0/s1. The van der Waals surface area contributed by atoms with Gasteiger partial charge in [0.05, 0.1) is 17.2 Å². The fraction of sp³-hybridized carbons (Fsp3) is 0.345. The smallest absolute Gasteiger partial charge is 0.266 e. The highest BCUT2D eigenvalue weighted by molar-refractivity contribution is 8.26. The summed E-state index contributed by atoms with van der Waals surface area (Å²) in [4.78, 5) is 15.8. The lowest BCUT2D eigenvalue weighted by atomic mass is 9.99. The van der Waals surface area contributed by atoms with Crippen molar-refractivity contribution < 1.29 is 9.53 Å². The average molecular weight is 520 g/mol. The third-order valence-electron chi connectivity index (χ3n) is 6.33. The van der Waals surface area contributed by atoms with Gasteiger partial charge in [0.2, 0.25) is 0 Å². The summed E-state index contributed by atoms with van der Waals surface area (Å²) in [5.74, 6) is 1.24. The molecule has 2 heterocycles. The number of thiocarbonyl (C=S) groups is 1. The van der Waals surface area contributed by atoms with Crippen molar-refractivity contribution in [3.8, 4) is 22.7 Å². The summed E-state index contributed by atoms with van der Waals surface area (Å²) >= 11 is 7.01. The van der Waals surface area contributed by atoms with Crippen LogP contribution in [0.2, 0.25) is 0 Å². The fourth-order valence-electron chi connectivity index (χ4n) is 4.30. The van der Waals surface area contributed by atoms with E-state index in [0.717, 1.165) is 47.5 Å². The molecule has 3 aromatic rings. The summed E-state index contributed by atoms with van der Waals surface area (Å²) in [6.45, 7) is 7.63. The molecule has 1 aromatic heterocycles. The Morgan fingerprint density at radius 1 is 1.11 bits per heavy atom. The van der Waals surface area contributed by atoms with E-state index >= 15 is 0 Å². The summed E-state index contributed by atoms with van der Waals surface area (Å²) in [5.41, 5.74) is 3.54. The number of carbonyl (C=O) groups is 1. The zero-order valence-electron chi connectivity index (χ0n) is 21.1. The van der Waals surface area contributed by atoms with Crippen LogP contribution in [0.4, 0.5) is 0 Å². The topological polar surface area (TPSA) is 47.4 Å². The molecule has 1 saturated heterocycles. The van der Waals surface area contributed by atoms with E-state index in [0.29, 0.717) is 28.3 Å². The normalized spacial score (nSPS) is 15.6. The maximum absolute atomic E-state index is 13.4. The number of benzene rings is 2. The minimum absolute atomic E-state index is 0.0126. The number of thioether (sulfide) groups is 1. The van der Waals surface area contributed by atoms with Crippen LogP contribution in [0.3, 0.4) is 0 Å². The van der Waals surface area contributed by atoms with Crippen LogP contribution in [-0.4, -0.2) is 38.1 Å². The Morgan fingerprint density at radius 3 is 2.64 bits per heavy atom. The predicted octanol–water partition coefficient (Wildman–Crippen LogP) is 7.36. The summed E-state index contributed by atoms with van der Waals surface area (Å²) in [6.07, 6.45) is 8.40. The predicted molar refractivity (Wildman–Crippen MR) is 153 cm³/mol. The number of carbonyl (C=O) groups excluding carboxylic acids is 1. The second-order valence-electron chi connectivity index (χ2n) is 8.88. The van der Waals surface area contributed by atoms with E-state index in [2.05, 4.69) is 13.8 Å². The molecule has 1 amide bonds. The van der Waals surface area contributed by atoms with E-state index in [-0.39, 0.29) is 5.91 Å². The number of para-hydroxylation sites is 1. The SMILES string of the molecule is CCCC[C@H](CC)CN1C(=O)/C(=C/c2cn(-c3ccccc3)nc2-c2cccc(OCC)c2)SC1=S. The van der Waals surface area contributed by atoms with Gasteiger partial charge < -0.3 is 4.74 Å². The van der Waals surface area contributed by atoms with Gasteiger partial charge in [-0.25, -0.2) is 4.68 Å². The van der Waals surface area contributed by atoms with Crippen molar-refractivity contribution in [3.63, 3.8) is 0 Å². The Morgan fingerprint density at radius 2 is 1.92 bits per heavy atom. The first-order valence-electron chi connectivity index (χ1n) is 12.7. The number of amides is 1. The van der Waals surface area contributed by atoms with Crippen molar-refractivity contribution in [3.05, 3.63) is 71.3 Å². The molecule has 188 valence electrons. The Labute approximate surface area is 223 Å². The van der Waals surface area contributed by atoms with Crippen LogP contribution in [0.1, 0.15) is 52.0 Å². The third kappa shape index (κ3) is 6.08. The van der Waals surface area contributed by atoms with Crippen molar-refractivity contribution in [2.45, 2.75) is 46.5 Å². The zero-order valence-corrected chi connectivity index (χ0v) is 22.8. The van der Waals surface area contributed by atoms with Gasteiger partial charge in [0, 0.05) is 23.9 Å². The molecule has 4 rings (SSSR count). The molecule has 0 saturated carbocycles. The molecule has 0 N–H and O–H groups in total. The molecule has 1 aliphatic rings. The molecule has 0 radical (unpaired) electrons. The van der Waals surface area contributed by atoms with Crippen molar-refractivity contribution in [2.75, 3.05) is 13.2 Å². The molecule has 0 aliphatic carbocycles. The van der Waals surface area contributed by atoms with Crippen molar-refractivity contribution in [1.82, 2.24) is 14.7 Å². The fourth-order valence-corrected chi connectivity index (χ4v) is 5.57. The van der Waals surface area contributed by atoms with Gasteiger partial charge in [-0.05, 0) is 49.6 Å². The van der Waals surface area contributed by atoms with Crippen molar-refractivity contribution in [1.29, 1.82) is 0 Å². The van der Waals surface area contributed by atoms with Crippen LogP contribution in [0.5, 0.6) is 5.75 Å². The van der Waals surface area contributed by atoms with Crippen molar-refractivity contribution >= 4 is 40.3 Å². The van der Waals surface area contributed by atoms with Crippen LogP contribution in [0.15, 0.2) is 65.7 Å². The second kappa shape index (κ2) is 12.4. The summed E-state index contributed by atoms with van der Waals surface area (Å²) in [5, 5.41) is 4.90. The molecule has 1 aliphatic heterocycles. The maximum Gasteiger partial charge on any atom is 0.266 e. The maximum atomic E-state index is 13.4. The van der Waals surface area contributed by atoms with Gasteiger partial charge in [0.15, 0.2) is 0 Å². The summed E-state index contributed by atoms with van der Waals surface area (Å²) < 4.78 is 8.21. The molecule has 2 aromatic carbocycles.